The molecule has 1 saturated heterocycles. The summed E-state index contributed by atoms with van der Waals surface area (Å²) < 4.78 is 5.33. The van der Waals surface area contributed by atoms with Crippen molar-refractivity contribution in [3.8, 4) is 0 Å². The van der Waals surface area contributed by atoms with Gasteiger partial charge in [-0.1, -0.05) is 37.3 Å². The third kappa shape index (κ3) is 8.97. The lowest BCUT2D eigenvalue weighted by atomic mass is 9.87. The van der Waals surface area contributed by atoms with Crippen molar-refractivity contribution < 1.29 is 29.6 Å². The highest BCUT2D eigenvalue weighted by molar-refractivity contribution is 5.71. The minimum atomic E-state index is -0.814. The average Bonchev–Trinajstić information content (AvgIpc) is 2.57. The first kappa shape index (κ1) is 22.1. The van der Waals surface area contributed by atoms with E-state index in [9.17, 15) is 19.8 Å². The molecule has 0 saturated carbocycles. The Labute approximate surface area is 154 Å². The normalized spacial score (nSPS) is 25.2. The van der Waals surface area contributed by atoms with Crippen LogP contribution >= 0.6 is 0 Å². The number of allylic oxidation sites excluding steroid dienone is 3. The predicted molar refractivity (Wildman–Crippen MR) is 98.4 cm³/mol. The molecule has 1 rings (SSSR count). The first-order valence-electron chi connectivity index (χ1n) is 9.19. The first-order valence-corrected chi connectivity index (χ1v) is 9.19. The van der Waals surface area contributed by atoms with Gasteiger partial charge in [0.05, 0.1) is 18.6 Å². The molecule has 1 heterocycles. The number of unbranched alkanes of at least 4 members (excludes halogenated alkanes) is 1. The molecule has 0 aromatic heterocycles. The molecule has 6 nitrogen and oxygen atoms in total. The fourth-order valence-electron chi connectivity index (χ4n) is 2.76. The van der Waals surface area contributed by atoms with E-state index in [4.69, 9.17) is 9.84 Å². The highest BCUT2D eigenvalue weighted by Gasteiger charge is 2.35. The predicted octanol–water partition coefficient (Wildman–Crippen LogP) is 2.75. The fraction of sp³-hybridized carbons (Fsp3) is 0.600. The molecular weight excluding hydrogens is 336 g/mol. The van der Waals surface area contributed by atoms with E-state index in [1.54, 1.807) is 12.2 Å². The third-order valence-corrected chi connectivity index (χ3v) is 4.20. The Balaban J connectivity index is 2.58. The maximum Gasteiger partial charge on any atom is 0.309 e. The Hall–Kier alpha value is -1.92. The van der Waals surface area contributed by atoms with Crippen molar-refractivity contribution in [1.82, 2.24) is 0 Å². The van der Waals surface area contributed by atoms with Crippen molar-refractivity contribution in [1.29, 1.82) is 0 Å². The van der Waals surface area contributed by atoms with Crippen LogP contribution in [0.1, 0.15) is 51.9 Å². The molecule has 0 radical (unpaired) electrons. The summed E-state index contributed by atoms with van der Waals surface area (Å²) in [6, 6.07) is 0. The largest absolute Gasteiger partial charge is 0.481 e. The van der Waals surface area contributed by atoms with Crippen LogP contribution in [0.5, 0.6) is 0 Å². The van der Waals surface area contributed by atoms with Crippen LogP contribution in [0.3, 0.4) is 0 Å². The molecule has 0 spiro atoms. The van der Waals surface area contributed by atoms with Crippen LogP contribution < -0.4 is 0 Å². The zero-order valence-electron chi connectivity index (χ0n) is 15.3. The van der Waals surface area contributed by atoms with E-state index in [0.717, 1.165) is 6.42 Å². The van der Waals surface area contributed by atoms with E-state index in [1.807, 2.05) is 31.2 Å². The van der Waals surface area contributed by atoms with E-state index in [1.165, 1.54) is 0 Å². The van der Waals surface area contributed by atoms with E-state index in [2.05, 4.69) is 0 Å². The van der Waals surface area contributed by atoms with Gasteiger partial charge in [0.2, 0.25) is 0 Å². The molecule has 146 valence electrons. The first-order chi connectivity index (χ1) is 12.4. The van der Waals surface area contributed by atoms with E-state index >= 15 is 0 Å². The van der Waals surface area contributed by atoms with Crippen molar-refractivity contribution in [3.05, 3.63) is 36.5 Å². The van der Waals surface area contributed by atoms with Crippen molar-refractivity contribution >= 4 is 11.9 Å². The van der Waals surface area contributed by atoms with Gasteiger partial charge < -0.3 is 20.1 Å². The van der Waals surface area contributed by atoms with E-state index < -0.39 is 30.3 Å². The number of carboxylic acid groups (broad SMARTS) is 1. The number of carbonyl (C=O) groups excluding carboxylic acids is 1. The van der Waals surface area contributed by atoms with Gasteiger partial charge in [-0.2, -0.15) is 0 Å². The smallest absolute Gasteiger partial charge is 0.309 e. The molecule has 0 aliphatic carbocycles. The van der Waals surface area contributed by atoms with Gasteiger partial charge in [0.25, 0.3) is 0 Å². The van der Waals surface area contributed by atoms with Gasteiger partial charge in [0, 0.05) is 12.3 Å². The summed E-state index contributed by atoms with van der Waals surface area (Å²) in [6.45, 7) is 2.02. The van der Waals surface area contributed by atoms with Crippen LogP contribution in [-0.2, 0) is 14.3 Å². The Kier molecular flexibility index (Phi) is 10.6. The lowest BCUT2D eigenvalue weighted by Gasteiger charge is -2.32. The summed E-state index contributed by atoms with van der Waals surface area (Å²) in [6.07, 6.45) is 12.1. The molecular formula is C20H30O6. The van der Waals surface area contributed by atoms with Crippen LogP contribution in [0.2, 0.25) is 0 Å². The second-order valence-corrected chi connectivity index (χ2v) is 6.45. The van der Waals surface area contributed by atoms with Crippen LogP contribution in [-0.4, -0.2) is 45.6 Å². The van der Waals surface area contributed by atoms with Crippen LogP contribution in [0.25, 0.3) is 0 Å². The van der Waals surface area contributed by atoms with Crippen LogP contribution in [0.15, 0.2) is 36.5 Å². The van der Waals surface area contributed by atoms with Gasteiger partial charge in [0.1, 0.15) is 6.10 Å². The monoisotopic (exact) mass is 366 g/mol. The number of cyclic esters (lactones) is 1. The molecule has 3 N–H and O–H groups in total. The topological polar surface area (TPSA) is 104 Å². The number of esters is 1. The number of hydrogen-bond acceptors (Lipinski definition) is 5. The number of carboxylic acids is 1. The maximum absolute atomic E-state index is 11.6. The Morgan fingerprint density at radius 3 is 2.77 bits per heavy atom. The maximum atomic E-state index is 11.6. The lowest BCUT2D eigenvalue weighted by Crippen LogP contribution is -2.41. The summed E-state index contributed by atoms with van der Waals surface area (Å²) in [5.41, 5.74) is 0. The Morgan fingerprint density at radius 2 is 2.08 bits per heavy atom. The summed E-state index contributed by atoms with van der Waals surface area (Å²) in [7, 11) is 0. The minimum Gasteiger partial charge on any atom is -0.481 e. The number of rotatable bonds is 11. The van der Waals surface area contributed by atoms with Crippen molar-refractivity contribution in [2.75, 3.05) is 0 Å². The molecule has 26 heavy (non-hydrogen) atoms. The van der Waals surface area contributed by atoms with Crippen molar-refractivity contribution in [2.45, 2.75) is 70.2 Å². The van der Waals surface area contributed by atoms with Crippen molar-refractivity contribution in [3.63, 3.8) is 0 Å². The molecule has 1 aliphatic rings. The standard InChI is InChI=1S/C20H30O6/c1-2-3-6-9-15(21)12-13-18-16(17(22)14-20(25)26-18)10-7-4-5-8-11-19(23)24/h3-4,6-7,12-13,15-18,21-22H,2,5,8-11,14H2,1H3,(H,23,24). The minimum absolute atomic E-state index is 0.0380. The zero-order chi connectivity index (χ0) is 19.4. The number of carbonyl (C=O) groups is 2. The highest BCUT2D eigenvalue weighted by Crippen LogP contribution is 2.27. The molecule has 1 fully saturated rings. The SMILES string of the molecule is CCC=CCC(O)C=CC1OC(=O)CC(O)C1CC=CCCCC(=O)O. The molecule has 1 aliphatic heterocycles. The van der Waals surface area contributed by atoms with Gasteiger partial charge in [-0.3, -0.25) is 9.59 Å². The molecule has 4 atom stereocenters. The Morgan fingerprint density at radius 1 is 1.31 bits per heavy atom. The Bertz CT molecular complexity index is 522. The second-order valence-electron chi connectivity index (χ2n) is 6.45. The molecule has 0 bridgehead atoms. The number of ether oxygens (including phenoxy) is 1. The van der Waals surface area contributed by atoms with Gasteiger partial charge in [-0.25, -0.2) is 0 Å². The van der Waals surface area contributed by atoms with Gasteiger partial charge >= 0.3 is 11.9 Å². The quantitative estimate of drug-likeness (QED) is 0.295. The van der Waals surface area contributed by atoms with E-state index in [-0.39, 0.29) is 18.8 Å². The number of hydrogen-bond donors (Lipinski definition) is 3. The van der Waals surface area contributed by atoms with Gasteiger partial charge in [-0.05, 0) is 38.2 Å². The number of aliphatic carboxylic acids is 1. The van der Waals surface area contributed by atoms with Crippen LogP contribution in [0.4, 0.5) is 0 Å². The van der Waals surface area contributed by atoms with E-state index in [0.29, 0.717) is 25.7 Å². The zero-order valence-corrected chi connectivity index (χ0v) is 15.3. The number of aliphatic hydroxyl groups is 2. The summed E-state index contributed by atoms with van der Waals surface area (Å²) >= 11 is 0. The van der Waals surface area contributed by atoms with Crippen LogP contribution in [0, 0.1) is 5.92 Å². The summed E-state index contributed by atoms with van der Waals surface area (Å²) in [5, 5.41) is 28.7. The van der Waals surface area contributed by atoms with Gasteiger partial charge in [-0.15, -0.1) is 0 Å². The molecule has 0 aromatic rings. The lowest BCUT2D eigenvalue weighted by molar-refractivity contribution is -0.163. The summed E-state index contributed by atoms with van der Waals surface area (Å²) in [4.78, 5) is 22.1. The molecule has 4 unspecified atom stereocenters. The highest BCUT2D eigenvalue weighted by atomic mass is 16.5. The third-order valence-electron chi connectivity index (χ3n) is 4.20. The van der Waals surface area contributed by atoms with Gasteiger partial charge in [0.15, 0.2) is 0 Å². The summed E-state index contributed by atoms with van der Waals surface area (Å²) in [5.74, 6) is -1.54. The van der Waals surface area contributed by atoms with Crippen molar-refractivity contribution in [2.24, 2.45) is 5.92 Å². The molecule has 6 heteroatoms. The number of aliphatic hydroxyl groups excluding tert-OH is 2. The fourth-order valence-corrected chi connectivity index (χ4v) is 2.76. The molecule has 0 aromatic carbocycles. The second kappa shape index (κ2) is 12.4. The molecule has 0 amide bonds. The average molecular weight is 366 g/mol.